The average molecular weight is 222 g/mol. The standard InChI is InChI=1S/C14H22O2/c1-2-14(15)16-10-13-7-5-12(6-8-13)9-11-3-4-11/h2,11-13H,1,3-10H2. The quantitative estimate of drug-likeness (QED) is 0.527. The van der Waals surface area contributed by atoms with Gasteiger partial charge in [-0.15, -0.1) is 0 Å². The Morgan fingerprint density at radius 1 is 1.06 bits per heavy atom. The lowest BCUT2D eigenvalue weighted by atomic mass is 9.80. The lowest BCUT2D eigenvalue weighted by Crippen LogP contribution is -2.20. The highest BCUT2D eigenvalue weighted by atomic mass is 16.5. The van der Waals surface area contributed by atoms with Crippen molar-refractivity contribution in [1.29, 1.82) is 0 Å². The normalized spacial score (nSPS) is 29.8. The van der Waals surface area contributed by atoms with Crippen molar-refractivity contribution in [2.45, 2.75) is 44.9 Å². The van der Waals surface area contributed by atoms with Gasteiger partial charge in [-0.25, -0.2) is 4.79 Å². The molecule has 0 bridgehead atoms. The van der Waals surface area contributed by atoms with E-state index >= 15 is 0 Å². The lowest BCUT2D eigenvalue weighted by molar-refractivity contribution is -0.139. The lowest BCUT2D eigenvalue weighted by Gasteiger charge is -2.28. The average Bonchev–Trinajstić information content (AvgIpc) is 3.11. The number of ether oxygens (including phenoxy) is 1. The van der Waals surface area contributed by atoms with Crippen molar-refractivity contribution in [3.8, 4) is 0 Å². The van der Waals surface area contributed by atoms with Crippen molar-refractivity contribution in [2.75, 3.05) is 6.61 Å². The van der Waals surface area contributed by atoms with Gasteiger partial charge in [0.15, 0.2) is 0 Å². The number of carbonyl (C=O) groups is 1. The monoisotopic (exact) mass is 222 g/mol. The van der Waals surface area contributed by atoms with Crippen molar-refractivity contribution in [1.82, 2.24) is 0 Å². The molecule has 0 aromatic rings. The van der Waals surface area contributed by atoms with E-state index in [-0.39, 0.29) is 5.97 Å². The Balaban J connectivity index is 1.60. The van der Waals surface area contributed by atoms with Gasteiger partial charge in [0, 0.05) is 6.08 Å². The molecule has 90 valence electrons. The fourth-order valence-corrected chi connectivity index (χ4v) is 2.72. The van der Waals surface area contributed by atoms with Crippen LogP contribution < -0.4 is 0 Å². The van der Waals surface area contributed by atoms with Crippen LogP contribution in [0.4, 0.5) is 0 Å². The molecule has 0 aromatic carbocycles. The first kappa shape index (κ1) is 11.7. The molecular weight excluding hydrogens is 200 g/mol. The molecule has 0 unspecified atom stereocenters. The summed E-state index contributed by atoms with van der Waals surface area (Å²) in [5.74, 6) is 2.33. The molecule has 0 N–H and O–H groups in total. The van der Waals surface area contributed by atoms with E-state index in [4.69, 9.17) is 4.74 Å². The van der Waals surface area contributed by atoms with Crippen LogP contribution in [-0.4, -0.2) is 12.6 Å². The first-order valence-electron chi connectivity index (χ1n) is 6.57. The number of hydrogen-bond donors (Lipinski definition) is 0. The van der Waals surface area contributed by atoms with Gasteiger partial charge in [0.2, 0.25) is 0 Å². The highest BCUT2D eigenvalue weighted by Gasteiger charge is 2.28. The highest BCUT2D eigenvalue weighted by molar-refractivity contribution is 5.81. The maximum Gasteiger partial charge on any atom is 0.330 e. The Morgan fingerprint density at radius 3 is 2.06 bits per heavy atom. The van der Waals surface area contributed by atoms with E-state index < -0.39 is 0 Å². The van der Waals surface area contributed by atoms with Gasteiger partial charge in [0.25, 0.3) is 0 Å². The summed E-state index contributed by atoms with van der Waals surface area (Å²) < 4.78 is 5.10. The van der Waals surface area contributed by atoms with Crippen LogP contribution in [0.3, 0.4) is 0 Å². The fraction of sp³-hybridized carbons (Fsp3) is 0.786. The topological polar surface area (TPSA) is 26.3 Å². The van der Waals surface area contributed by atoms with Crippen LogP contribution in [0.2, 0.25) is 0 Å². The molecule has 2 fully saturated rings. The second-order valence-corrected chi connectivity index (χ2v) is 5.40. The Kier molecular flexibility index (Phi) is 4.03. The molecule has 0 aromatic heterocycles. The first-order valence-corrected chi connectivity index (χ1v) is 6.57. The summed E-state index contributed by atoms with van der Waals surface area (Å²) in [6.45, 7) is 4.00. The summed E-state index contributed by atoms with van der Waals surface area (Å²) in [5.41, 5.74) is 0. The number of carbonyl (C=O) groups excluding carboxylic acids is 1. The third-order valence-corrected chi connectivity index (χ3v) is 3.96. The molecule has 2 aliphatic rings. The van der Waals surface area contributed by atoms with Gasteiger partial charge < -0.3 is 4.74 Å². The summed E-state index contributed by atoms with van der Waals surface area (Å²) in [7, 11) is 0. The maximum absolute atomic E-state index is 10.9. The zero-order valence-corrected chi connectivity index (χ0v) is 9.99. The minimum atomic E-state index is -0.278. The summed E-state index contributed by atoms with van der Waals surface area (Å²) in [6.07, 6.45) is 10.8. The van der Waals surface area contributed by atoms with E-state index in [2.05, 4.69) is 6.58 Å². The van der Waals surface area contributed by atoms with Crippen molar-refractivity contribution in [3.05, 3.63) is 12.7 Å². The van der Waals surface area contributed by atoms with Gasteiger partial charge in [-0.1, -0.05) is 32.3 Å². The number of esters is 1. The molecule has 0 atom stereocenters. The van der Waals surface area contributed by atoms with Crippen LogP contribution in [0.15, 0.2) is 12.7 Å². The minimum absolute atomic E-state index is 0.278. The van der Waals surface area contributed by atoms with Crippen LogP contribution in [-0.2, 0) is 9.53 Å². The van der Waals surface area contributed by atoms with Crippen LogP contribution in [0.5, 0.6) is 0 Å². The Hall–Kier alpha value is -0.790. The van der Waals surface area contributed by atoms with Crippen molar-refractivity contribution in [2.24, 2.45) is 17.8 Å². The maximum atomic E-state index is 10.9. The number of rotatable bonds is 5. The number of hydrogen-bond acceptors (Lipinski definition) is 2. The predicted molar refractivity (Wildman–Crippen MR) is 63.9 cm³/mol. The Labute approximate surface area is 98.1 Å². The molecule has 0 spiro atoms. The van der Waals surface area contributed by atoms with Gasteiger partial charge in [0.05, 0.1) is 6.61 Å². The van der Waals surface area contributed by atoms with Gasteiger partial charge in [-0.05, 0) is 37.0 Å². The van der Waals surface area contributed by atoms with Crippen LogP contribution in [0, 0.1) is 17.8 Å². The van der Waals surface area contributed by atoms with Crippen LogP contribution >= 0.6 is 0 Å². The third kappa shape index (κ3) is 3.66. The van der Waals surface area contributed by atoms with Gasteiger partial charge in [-0.2, -0.15) is 0 Å². The van der Waals surface area contributed by atoms with E-state index in [1.54, 1.807) is 0 Å². The van der Waals surface area contributed by atoms with E-state index in [9.17, 15) is 4.79 Å². The van der Waals surface area contributed by atoms with E-state index in [0.29, 0.717) is 12.5 Å². The van der Waals surface area contributed by atoms with E-state index in [1.165, 1.54) is 51.0 Å². The van der Waals surface area contributed by atoms with Crippen LogP contribution in [0.25, 0.3) is 0 Å². The minimum Gasteiger partial charge on any atom is -0.462 e. The van der Waals surface area contributed by atoms with Crippen molar-refractivity contribution >= 4 is 5.97 Å². The molecule has 0 heterocycles. The van der Waals surface area contributed by atoms with Gasteiger partial charge >= 0.3 is 5.97 Å². The highest BCUT2D eigenvalue weighted by Crippen LogP contribution is 2.40. The third-order valence-electron chi connectivity index (χ3n) is 3.96. The molecule has 2 saturated carbocycles. The zero-order chi connectivity index (χ0) is 11.4. The summed E-state index contributed by atoms with van der Waals surface area (Å²) in [5, 5.41) is 0. The predicted octanol–water partition coefficient (Wildman–Crippen LogP) is 3.32. The fourth-order valence-electron chi connectivity index (χ4n) is 2.72. The molecular formula is C14H22O2. The molecule has 0 saturated heterocycles. The molecule has 2 rings (SSSR count). The molecule has 2 nitrogen and oxygen atoms in total. The summed E-state index contributed by atoms with van der Waals surface area (Å²) in [6, 6.07) is 0. The Bertz CT molecular complexity index is 247. The summed E-state index contributed by atoms with van der Waals surface area (Å²) in [4.78, 5) is 10.9. The zero-order valence-electron chi connectivity index (χ0n) is 9.99. The van der Waals surface area contributed by atoms with E-state index in [1.807, 2.05) is 0 Å². The smallest absolute Gasteiger partial charge is 0.330 e. The van der Waals surface area contributed by atoms with E-state index in [0.717, 1.165) is 11.8 Å². The second kappa shape index (κ2) is 5.51. The molecule has 2 aliphatic carbocycles. The first-order chi connectivity index (χ1) is 7.78. The second-order valence-electron chi connectivity index (χ2n) is 5.40. The van der Waals surface area contributed by atoms with Crippen molar-refractivity contribution in [3.63, 3.8) is 0 Å². The Morgan fingerprint density at radius 2 is 1.56 bits per heavy atom. The molecule has 0 aliphatic heterocycles. The van der Waals surface area contributed by atoms with Crippen LogP contribution in [0.1, 0.15) is 44.9 Å². The largest absolute Gasteiger partial charge is 0.462 e. The van der Waals surface area contributed by atoms with Crippen molar-refractivity contribution < 1.29 is 9.53 Å². The molecule has 0 radical (unpaired) electrons. The SMILES string of the molecule is C=CC(=O)OCC1CCC(CC2CC2)CC1. The molecule has 0 amide bonds. The molecule has 2 heteroatoms. The summed E-state index contributed by atoms with van der Waals surface area (Å²) >= 11 is 0. The van der Waals surface area contributed by atoms with Gasteiger partial charge in [0.1, 0.15) is 0 Å². The van der Waals surface area contributed by atoms with Gasteiger partial charge in [-0.3, -0.25) is 0 Å². The molecule has 16 heavy (non-hydrogen) atoms.